The fraction of sp³-hybridized carbons (Fsp3) is 0.100. The summed E-state index contributed by atoms with van der Waals surface area (Å²) in [5, 5.41) is 3.80. The Bertz CT molecular complexity index is 1290. The summed E-state index contributed by atoms with van der Waals surface area (Å²) >= 11 is 0. The summed E-state index contributed by atoms with van der Waals surface area (Å²) in [4.78, 5) is 29.3. The lowest BCUT2D eigenvalue weighted by molar-refractivity contribution is 0.369. The second-order valence-corrected chi connectivity index (χ2v) is 6.10. The Morgan fingerprint density at radius 2 is 1.90 bits per heavy atom. The summed E-state index contributed by atoms with van der Waals surface area (Å²) in [6.45, 7) is -0.0941. The molecule has 0 radical (unpaired) electrons. The van der Waals surface area contributed by atoms with Gasteiger partial charge in [-0.3, -0.25) is 18.7 Å². The molecule has 29 heavy (non-hydrogen) atoms. The second-order valence-electron chi connectivity index (χ2n) is 6.10. The lowest BCUT2D eigenvalue weighted by atomic mass is 10.2. The molecular formula is C20H15FN4O4. The first-order valence-corrected chi connectivity index (χ1v) is 8.61. The highest BCUT2D eigenvalue weighted by Crippen LogP contribution is 2.20. The largest absolute Gasteiger partial charge is 0.495 e. The molecule has 0 bridgehead atoms. The summed E-state index contributed by atoms with van der Waals surface area (Å²) in [7, 11) is 1.48. The van der Waals surface area contributed by atoms with E-state index in [1.807, 2.05) is 0 Å². The molecule has 2 heterocycles. The summed E-state index contributed by atoms with van der Waals surface area (Å²) in [5.74, 6) is 0.337. The molecule has 0 fully saturated rings. The van der Waals surface area contributed by atoms with E-state index in [0.29, 0.717) is 17.0 Å². The number of para-hydroxylation sites is 2. The molecule has 0 amide bonds. The smallest absolute Gasteiger partial charge is 0.321 e. The zero-order valence-corrected chi connectivity index (χ0v) is 15.3. The SMILES string of the molecule is COc1ccccc1-n1ccn(Cc2nc(-c3cccc(F)c3)no2)c(=O)c1=O. The Morgan fingerprint density at radius 3 is 2.69 bits per heavy atom. The number of hydrogen-bond donors (Lipinski definition) is 0. The minimum absolute atomic E-state index is 0.0941. The van der Waals surface area contributed by atoms with E-state index < -0.39 is 16.9 Å². The highest BCUT2D eigenvalue weighted by Gasteiger charge is 2.14. The van der Waals surface area contributed by atoms with Crippen molar-refractivity contribution < 1.29 is 13.7 Å². The van der Waals surface area contributed by atoms with E-state index in [-0.39, 0.29) is 18.3 Å². The fourth-order valence-electron chi connectivity index (χ4n) is 2.86. The van der Waals surface area contributed by atoms with Gasteiger partial charge < -0.3 is 9.26 Å². The average molecular weight is 394 g/mol. The molecule has 0 saturated carbocycles. The van der Waals surface area contributed by atoms with Crippen molar-refractivity contribution in [1.82, 2.24) is 19.3 Å². The molecular weight excluding hydrogens is 379 g/mol. The van der Waals surface area contributed by atoms with Crippen LogP contribution in [0.1, 0.15) is 5.89 Å². The van der Waals surface area contributed by atoms with Gasteiger partial charge in [0.25, 0.3) is 0 Å². The van der Waals surface area contributed by atoms with E-state index in [4.69, 9.17) is 9.26 Å². The van der Waals surface area contributed by atoms with Gasteiger partial charge in [-0.05, 0) is 24.3 Å². The van der Waals surface area contributed by atoms with E-state index in [2.05, 4.69) is 10.1 Å². The Kier molecular flexibility index (Phi) is 4.78. The maximum absolute atomic E-state index is 13.4. The Hall–Kier alpha value is -4.01. The lowest BCUT2D eigenvalue weighted by Crippen LogP contribution is -2.40. The van der Waals surface area contributed by atoms with Crippen LogP contribution in [-0.4, -0.2) is 26.4 Å². The van der Waals surface area contributed by atoms with Gasteiger partial charge in [0.1, 0.15) is 18.1 Å². The van der Waals surface area contributed by atoms with Crippen molar-refractivity contribution in [3.63, 3.8) is 0 Å². The van der Waals surface area contributed by atoms with Crippen molar-refractivity contribution in [3.05, 3.63) is 93.3 Å². The maximum atomic E-state index is 13.4. The van der Waals surface area contributed by atoms with Crippen molar-refractivity contribution in [2.24, 2.45) is 0 Å². The first-order valence-electron chi connectivity index (χ1n) is 8.61. The number of benzene rings is 2. The number of aromatic nitrogens is 4. The van der Waals surface area contributed by atoms with Gasteiger partial charge in [0.2, 0.25) is 11.7 Å². The second kappa shape index (κ2) is 7.55. The summed E-state index contributed by atoms with van der Waals surface area (Å²) in [5.41, 5.74) is -0.611. The van der Waals surface area contributed by atoms with Gasteiger partial charge in [-0.1, -0.05) is 29.4 Å². The van der Waals surface area contributed by atoms with E-state index in [1.165, 1.54) is 42.3 Å². The lowest BCUT2D eigenvalue weighted by Gasteiger charge is -2.11. The number of hydrogen-bond acceptors (Lipinski definition) is 6. The monoisotopic (exact) mass is 394 g/mol. The molecule has 0 saturated heterocycles. The zero-order valence-electron chi connectivity index (χ0n) is 15.3. The van der Waals surface area contributed by atoms with Gasteiger partial charge >= 0.3 is 11.1 Å². The van der Waals surface area contributed by atoms with Gasteiger partial charge in [0, 0.05) is 18.0 Å². The molecule has 0 N–H and O–H groups in total. The van der Waals surface area contributed by atoms with Crippen LogP contribution in [-0.2, 0) is 6.54 Å². The standard InChI is InChI=1S/C20H15FN4O4/c1-28-16-8-3-2-7-15(16)25-10-9-24(19(26)20(25)27)12-17-22-18(23-29-17)13-5-4-6-14(21)11-13/h2-11H,12H2,1H3. The number of nitrogens with zero attached hydrogens (tertiary/aromatic N) is 4. The van der Waals surface area contributed by atoms with Crippen LogP contribution in [0.3, 0.4) is 0 Å². The molecule has 0 aliphatic rings. The van der Waals surface area contributed by atoms with Crippen molar-refractivity contribution in [2.75, 3.05) is 7.11 Å². The van der Waals surface area contributed by atoms with Gasteiger partial charge in [0.05, 0.1) is 12.8 Å². The maximum Gasteiger partial charge on any atom is 0.321 e. The van der Waals surface area contributed by atoms with Crippen molar-refractivity contribution in [3.8, 4) is 22.8 Å². The quantitative estimate of drug-likeness (QED) is 0.482. The van der Waals surface area contributed by atoms with Crippen molar-refractivity contribution >= 4 is 0 Å². The molecule has 9 heteroatoms. The average Bonchev–Trinajstić information content (AvgIpc) is 3.20. The predicted octanol–water partition coefficient (Wildman–Crippen LogP) is 2.25. The molecule has 0 aliphatic carbocycles. The number of halogens is 1. The molecule has 8 nitrogen and oxygen atoms in total. The summed E-state index contributed by atoms with van der Waals surface area (Å²) in [6, 6.07) is 12.6. The molecule has 4 aromatic rings. The van der Waals surface area contributed by atoms with E-state index in [0.717, 1.165) is 4.57 Å². The number of ether oxygens (including phenoxy) is 1. The molecule has 2 aromatic carbocycles. The molecule has 0 unspecified atom stereocenters. The van der Waals surface area contributed by atoms with Gasteiger partial charge in [0.15, 0.2) is 0 Å². The normalized spacial score (nSPS) is 10.8. The topological polar surface area (TPSA) is 92.2 Å². The third kappa shape index (κ3) is 3.57. The number of rotatable bonds is 5. The summed E-state index contributed by atoms with van der Waals surface area (Å²) < 4.78 is 26.1. The van der Waals surface area contributed by atoms with Crippen LogP contribution in [0.5, 0.6) is 5.75 Å². The van der Waals surface area contributed by atoms with Crippen LogP contribution < -0.4 is 15.9 Å². The Labute approximate surface area is 163 Å². The van der Waals surface area contributed by atoms with Gasteiger partial charge in [-0.25, -0.2) is 4.39 Å². The number of methoxy groups -OCH3 is 1. The van der Waals surface area contributed by atoms with Crippen LogP contribution in [0.25, 0.3) is 17.1 Å². The van der Waals surface area contributed by atoms with Crippen molar-refractivity contribution in [2.45, 2.75) is 6.54 Å². The van der Waals surface area contributed by atoms with E-state index in [1.54, 1.807) is 30.3 Å². The van der Waals surface area contributed by atoms with E-state index in [9.17, 15) is 14.0 Å². The zero-order chi connectivity index (χ0) is 20.4. The van der Waals surface area contributed by atoms with E-state index >= 15 is 0 Å². The first kappa shape index (κ1) is 18.4. The minimum atomic E-state index is -0.760. The van der Waals surface area contributed by atoms with Gasteiger partial charge in [-0.15, -0.1) is 0 Å². The first-order chi connectivity index (χ1) is 14.1. The van der Waals surface area contributed by atoms with Crippen LogP contribution in [0.4, 0.5) is 4.39 Å². The molecule has 146 valence electrons. The highest BCUT2D eigenvalue weighted by molar-refractivity contribution is 5.53. The fourth-order valence-corrected chi connectivity index (χ4v) is 2.86. The Balaban J connectivity index is 1.65. The van der Waals surface area contributed by atoms with Crippen LogP contribution in [0.2, 0.25) is 0 Å². The van der Waals surface area contributed by atoms with Crippen LogP contribution >= 0.6 is 0 Å². The molecule has 4 rings (SSSR count). The molecule has 0 spiro atoms. The van der Waals surface area contributed by atoms with Crippen molar-refractivity contribution in [1.29, 1.82) is 0 Å². The molecule has 0 aliphatic heterocycles. The third-order valence-corrected chi connectivity index (χ3v) is 4.26. The third-order valence-electron chi connectivity index (χ3n) is 4.26. The molecule has 2 aromatic heterocycles. The Morgan fingerprint density at radius 1 is 1.07 bits per heavy atom. The predicted molar refractivity (Wildman–Crippen MR) is 102 cm³/mol. The van der Waals surface area contributed by atoms with Crippen LogP contribution in [0.15, 0.2) is 75.0 Å². The summed E-state index contributed by atoms with van der Waals surface area (Å²) in [6.07, 6.45) is 2.91. The highest BCUT2D eigenvalue weighted by atomic mass is 19.1. The van der Waals surface area contributed by atoms with Crippen LogP contribution in [0, 0.1) is 5.82 Å². The van der Waals surface area contributed by atoms with Gasteiger partial charge in [-0.2, -0.15) is 4.98 Å². The molecule has 0 atom stereocenters. The minimum Gasteiger partial charge on any atom is -0.495 e.